The van der Waals surface area contributed by atoms with Gasteiger partial charge in [0, 0.05) is 22.5 Å². The number of piperidine rings is 3. The molecule has 3 aliphatic heterocycles. The monoisotopic (exact) mass is 427 g/mol. The number of carbonyl (C=O) groups excluding carboxylic acids is 1. The maximum absolute atomic E-state index is 12.7. The molecular formula is C19H20F3N3OS2. The molecule has 4 nitrogen and oxygen atoms in total. The molecule has 150 valence electrons. The van der Waals surface area contributed by atoms with Crippen molar-refractivity contribution in [1.82, 2.24) is 15.2 Å². The van der Waals surface area contributed by atoms with Crippen LogP contribution >= 0.6 is 23.1 Å². The van der Waals surface area contributed by atoms with E-state index in [2.05, 4.69) is 22.1 Å². The van der Waals surface area contributed by atoms with E-state index in [1.807, 2.05) is 0 Å². The van der Waals surface area contributed by atoms with Gasteiger partial charge in [-0.1, -0.05) is 11.8 Å². The highest BCUT2D eigenvalue weighted by Gasteiger charge is 2.40. The second-order valence-corrected chi connectivity index (χ2v) is 9.58. The van der Waals surface area contributed by atoms with E-state index in [0.717, 1.165) is 48.8 Å². The highest BCUT2D eigenvalue weighted by molar-refractivity contribution is 8.01. The summed E-state index contributed by atoms with van der Waals surface area (Å²) in [6.45, 7) is 4.38. The summed E-state index contributed by atoms with van der Waals surface area (Å²) in [4.78, 5) is 18.9. The fourth-order valence-electron chi connectivity index (χ4n) is 3.99. The third kappa shape index (κ3) is 4.06. The van der Waals surface area contributed by atoms with Gasteiger partial charge in [-0.05, 0) is 63.0 Å². The molecular weight excluding hydrogens is 407 g/mol. The molecule has 3 fully saturated rings. The van der Waals surface area contributed by atoms with Crippen LogP contribution in [0.25, 0.3) is 0 Å². The molecule has 9 heteroatoms. The van der Waals surface area contributed by atoms with E-state index in [0.29, 0.717) is 33.2 Å². The molecule has 3 aliphatic rings. The van der Waals surface area contributed by atoms with E-state index in [-0.39, 0.29) is 11.9 Å². The van der Waals surface area contributed by atoms with Gasteiger partial charge in [-0.3, -0.25) is 9.69 Å². The van der Waals surface area contributed by atoms with E-state index in [1.54, 1.807) is 24.3 Å². The number of halogens is 3. The minimum Gasteiger partial charge on any atom is -0.347 e. The summed E-state index contributed by atoms with van der Waals surface area (Å²) in [6, 6.07) is 7.42. The molecule has 28 heavy (non-hydrogen) atoms. The Bertz CT molecular complexity index is 843. The van der Waals surface area contributed by atoms with Gasteiger partial charge in [0.05, 0.1) is 6.20 Å². The number of hydrogen-bond donors (Lipinski definition) is 1. The standard InChI is InChI=1S/C19H20F3N3OS2/c1-11-16(12-6-8-25(11)9-7-12)24-17(26)13-2-4-14(5-3-13)27-18-23-10-15(28-18)19(20,21)22/h2-5,10-12,16H,6-9H2,1H3,(H,24,26)/t11-,16-/m0/s1. The number of carbonyl (C=O) groups is 1. The second-order valence-electron chi connectivity index (χ2n) is 7.23. The first-order chi connectivity index (χ1) is 13.3. The summed E-state index contributed by atoms with van der Waals surface area (Å²) in [5, 5.41) is 3.18. The molecule has 1 aromatic heterocycles. The first-order valence-corrected chi connectivity index (χ1v) is 10.8. The molecule has 0 spiro atoms. The summed E-state index contributed by atoms with van der Waals surface area (Å²) in [5.41, 5.74) is 0.558. The predicted octanol–water partition coefficient (Wildman–Crippen LogP) is 4.53. The first kappa shape index (κ1) is 19.7. The highest BCUT2D eigenvalue weighted by Crippen LogP contribution is 2.38. The first-order valence-electron chi connectivity index (χ1n) is 9.17. The summed E-state index contributed by atoms with van der Waals surface area (Å²) < 4.78 is 38.3. The van der Waals surface area contributed by atoms with Crippen LogP contribution in [0.4, 0.5) is 13.2 Å². The van der Waals surface area contributed by atoms with Crippen molar-refractivity contribution in [2.45, 2.75) is 47.3 Å². The minimum atomic E-state index is -4.37. The van der Waals surface area contributed by atoms with Gasteiger partial charge in [-0.2, -0.15) is 13.2 Å². The number of aromatic nitrogens is 1. The normalized spacial score (nSPS) is 27.0. The lowest BCUT2D eigenvalue weighted by Crippen LogP contribution is -2.62. The minimum absolute atomic E-state index is 0.101. The van der Waals surface area contributed by atoms with E-state index in [9.17, 15) is 18.0 Å². The summed E-state index contributed by atoms with van der Waals surface area (Å²) >= 11 is 1.78. The van der Waals surface area contributed by atoms with Crippen LogP contribution in [0.2, 0.25) is 0 Å². The van der Waals surface area contributed by atoms with Crippen molar-refractivity contribution in [3.05, 3.63) is 40.9 Å². The van der Waals surface area contributed by atoms with Crippen molar-refractivity contribution in [3.8, 4) is 0 Å². The lowest BCUT2D eigenvalue weighted by atomic mass is 9.79. The quantitative estimate of drug-likeness (QED) is 0.779. The van der Waals surface area contributed by atoms with Crippen molar-refractivity contribution >= 4 is 29.0 Å². The van der Waals surface area contributed by atoms with Gasteiger partial charge < -0.3 is 5.32 Å². The van der Waals surface area contributed by atoms with Gasteiger partial charge in [0.25, 0.3) is 5.91 Å². The van der Waals surface area contributed by atoms with Crippen LogP contribution in [0.1, 0.15) is 35.0 Å². The number of thiazole rings is 1. The Balaban J connectivity index is 1.39. The number of amides is 1. The fraction of sp³-hybridized carbons (Fsp3) is 0.474. The maximum atomic E-state index is 12.7. The zero-order chi connectivity index (χ0) is 19.9. The zero-order valence-electron chi connectivity index (χ0n) is 15.2. The lowest BCUT2D eigenvalue weighted by Gasteiger charge is -2.49. The number of hydrogen-bond acceptors (Lipinski definition) is 5. The lowest BCUT2D eigenvalue weighted by molar-refractivity contribution is -0.134. The third-order valence-corrected chi connectivity index (χ3v) is 7.69. The molecule has 5 rings (SSSR count). The summed E-state index contributed by atoms with van der Waals surface area (Å²) in [7, 11) is 0. The average Bonchev–Trinajstić information content (AvgIpc) is 3.14. The second kappa shape index (κ2) is 7.68. The summed E-state index contributed by atoms with van der Waals surface area (Å²) in [5.74, 6) is 0.433. The average molecular weight is 428 g/mol. The van der Waals surface area contributed by atoms with Crippen LogP contribution in [0.15, 0.2) is 39.7 Å². The Morgan fingerprint density at radius 2 is 1.93 bits per heavy atom. The highest BCUT2D eigenvalue weighted by atomic mass is 32.2. The molecule has 2 bridgehead atoms. The number of fused-ring (bicyclic) bond motifs is 3. The Hall–Kier alpha value is -1.58. The third-order valence-electron chi connectivity index (χ3n) is 5.56. The van der Waals surface area contributed by atoms with Crippen LogP contribution < -0.4 is 5.32 Å². The van der Waals surface area contributed by atoms with Gasteiger partial charge in [0.2, 0.25) is 0 Å². The van der Waals surface area contributed by atoms with Crippen LogP contribution in [0.5, 0.6) is 0 Å². The molecule has 0 unspecified atom stereocenters. The number of nitrogens with one attached hydrogen (secondary N) is 1. The van der Waals surface area contributed by atoms with Gasteiger partial charge in [0.15, 0.2) is 4.34 Å². The van der Waals surface area contributed by atoms with Crippen molar-refractivity contribution < 1.29 is 18.0 Å². The fourth-order valence-corrected chi connectivity index (χ4v) is 5.81. The van der Waals surface area contributed by atoms with Crippen molar-refractivity contribution in [2.24, 2.45) is 5.92 Å². The van der Waals surface area contributed by atoms with Gasteiger partial charge >= 0.3 is 6.18 Å². The van der Waals surface area contributed by atoms with Gasteiger partial charge in [-0.25, -0.2) is 4.98 Å². The summed E-state index contributed by atoms with van der Waals surface area (Å²) in [6.07, 6.45) is -1.27. The van der Waals surface area contributed by atoms with Crippen LogP contribution in [-0.4, -0.2) is 41.0 Å². The molecule has 0 aliphatic carbocycles. The van der Waals surface area contributed by atoms with E-state index in [1.165, 1.54) is 0 Å². The van der Waals surface area contributed by atoms with Crippen LogP contribution in [-0.2, 0) is 6.18 Å². The molecule has 2 aromatic rings. The molecule has 1 amide bonds. The van der Waals surface area contributed by atoms with E-state index < -0.39 is 11.1 Å². The molecule has 1 aromatic carbocycles. The van der Waals surface area contributed by atoms with Crippen LogP contribution in [0, 0.1) is 5.92 Å². The van der Waals surface area contributed by atoms with E-state index in [4.69, 9.17) is 0 Å². The number of nitrogens with zero attached hydrogens (tertiary/aromatic N) is 2. The van der Waals surface area contributed by atoms with Gasteiger partial charge in [0.1, 0.15) is 4.88 Å². The van der Waals surface area contributed by atoms with Gasteiger partial charge in [-0.15, -0.1) is 11.3 Å². The topological polar surface area (TPSA) is 45.2 Å². The Morgan fingerprint density at radius 1 is 1.25 bits per heavy atom. The molecule has 3 saturated heterocycles. The molecule has 0 saturated carbocycles. The number of rotatable bonds is 4. The smallest absolute Gasteiger partial charge is 0.347 e. The number of benzene rings is 1. The predicted molar refractivity (Wildman–Crippen MR) is 103 cm³/mol. The Morgan fingerprint density at radius 3 is 2.50 bits per heavy atom. The molecule has 0 radical (unpaired) electrons. The molecule has 2 atom stereocenters. The van der Waals surface area contributed by atoms with E-state index >= 15 is 0 Å². The molecule has 1 N–H and O–H groups in total. The van der Waals surface area contributed by atoms with Crippen molar-refractivity contribution in [2.75, 3.05) is 13.1 Å². The van der Waals surface area contributed by atoms with Crippen molar-refractivity contribution in [1.29, 1.82) is 0 Å². The largest absolute Gasteiger partial charge is 0.427 e. The zero-order valence-corrected chi connectivity index (χ0v) is 16.8. The van der Waals surface area contributed by atoms with Crippen LogP contribution in [0.3, 0.4) is 0 Å². The van der Waals surface area contributed by atoms with Crippen molar-refractivity contribution in [3.63, 3.8) is 0 Å². The maximum Gasteiger partial charge on any atom is 0.427 e. The Kier molecular flexibility index (Phi) is 5.41. The number of alkyl halides is 3. The SMILES string of the molecule is C[C@H]1[C@H](NC(=O)c2ccc(Sc3ncc(C(F)(F)F)s3)cc2)C2CCN1CC2. The molecule has 4 heterocycles. The Labute approximate surface area is 169 Å².